The van der Waals surface area contributed by atoms with Crippen molar-refractivity contribution in [2.75, 3.05) is 20.7 Å². The molecule has 1 unspecified atom stereocenters. The molecule has 5 heteroatoms. The molecule has 0 aliphatic heterocycles. The third-order valence-electron chi connectivity index (χ3n) is 1.31. The molecule has 0 aromatic carbocycles. The van der Waals surface area contributed by atoms with Gasteiger partial charge in [0, 0.05) is 7.05 Å². The lowest BCUT2D eigenvalue weighted by Gasteiger charge is -2.16. The van der Waals surface area contributed by atoms with Crippen LogP contribution in [0.2, 0.25) is 0 Å². The molecule has 12 heavy (non-hydrogen) atoms. The number of rotatable bonds is 3. The van der Waals surface area contributed by atoms with Crippen LogP contribution in [-0.2, 0) is 14.3 Å². The fraction of sp³-hybridized carbons (Fsp3) is 0.714. The molecule has 0 aromatic heterocycles. The van der Waals surface area contributed by atoms with Crippen molar-refractivity contribution in [2.24, 2.45) is 0 Å². The Labute approximate surface area is 80.0 Å². The summed E-state index contributed by atoms with van der Waals surface area (Å²) >= 11 is 3.11. The van der Waals surface area contributed by atoms with Gasteiger partial charge in [0.15, 0.2) is 0 Å². The highest BCUT2D eigenvalue weighted by molar-refractivity contribution is 9.10. The first-order valence-corrected chi connectivity index (χ1v) is 4.36. The first-order chi connectivity index (χ1) is 5.49. The van der Waals surface area contributed by atoms with Crippen LogP contribution in [0.3, 0.4) is 0 Å². The number of carbonyl (C=O) groups is 2. The van der Waals surface area contributed by atoms with Crippen LogP contribution in [0.5, 0.6) is 0 Å². The van der Waals surface area contributed by atoms with Gasteiger partial charge in [-0.15, -0.1) is 0 Å². The maximum absolute atomic E-state index is 11.2. The van der Waals surface area contributed by atoms with Gasteiger partial charge < -0.3 is 9.64 Å². The maximum atomic E-state index is 11.2. The van der Waals surface area contributed by atoms with E-state index < -0.39 is 5.97 Å². The molecule has 0 heterocycles. The number of halogens is 1. The van der Waals surface area contributed by atoms with Crippen molar-refractivity contribution in [2.45, 2.75) is 11.8 Å². The van der Waals surface area contributed by atoms with Crippen LogP contribution in [0, 0.1) is 0 Å². The average molecular weight is 238 g/mol. The molecule has 0 aromatic rings. The molecule has 0 fully saturated rings. The molecular weight excluding hydrogens is 226 g/mol. The molecule has 0 N–H and O–H groups in total. The summed E-state index contributed by atoms with van der Waals surface area (Å²) in [6.07, 6.45) is 0. The Balaban J connectivity index is 3.95. The van der Waals surface area contributed by atoms with Crippen molar-refractivity contribution < 1.29 is 14.3 Å². The third-order valence-corrected chi connectivity index (χ3v) is 1.70. The summed E-state index contributed by atoms with van der Waals surface area (Å²) in [4.78, 5) is 22.9. The van der Waals surface area contributed by atoms with E-state index in [9.17, 15) is 9.59 Å². The van der Waals surface area contributed by atoms with Gasteiger partial charge in [0.1, 0.15) is 6.54 Å². The fourth-order valence-corrected chi connectivity index (χ4v) is 0.989. The van der Waals surface area contributed by atoms with E-state index in [1.807, 2.05) is 0 Å². The first kappa shape index (κ1) is 11.4. The molecule has 70 valence electrons. The summed E-state index contributed by atoms with van der Waals surface area (Å²) in [5, 5.41) is 0. The molecule has 0 bridgehead atoms. The van der Waals surface area contributed by atoms with Crippen LogP contribution in [0.25, 0.3) is 0 Å². The number of carbonyl (C=O) groups excluding carboxylic acids is 2. The Morgan fingerprint density at radius 1 is 1.58 bits per heavy atom. The van der Waals surface area contributed by atoms with Gasteiger partial charge in [-0.2, -0.15) is 0 Å². The zero-order valence-electron chi connectivity index (χ0n) is 7.33. The molecule has 1 atom stereocenters. The van der Waals surface area contributed by atoms with E-state index in [0.29, 0.717) is 0 Å². The SMILES string of the molecule is COC(=O)CN(C)C(=O)C(C)Br. The highest BCUT2D eigenvalue weighted by Crippen LogP contribution is 2.01. The number of hydrogen-bond donors (Lipinski definition) is 0. The van der Waals surface area contributed by atoms with E-state index in [4.69, 9.17) is 0 Å². The number of nitrogens with zero attached hydrogens (tertiary/aromatic N) is 1. The quantitative estimate of drug-likeness (QED) is 0.528. The van der Waals surface area contributed by atoms with E-state index in [1.54, 1.807) is 14.0 Å². The molecule has 1 amide bonds. The van der Waals surface area contributed by atoms with Crippen molar-refractivity contribution in [1.29, 1.82) is 0 Å². The van der Waals surface area contributed by atoms with Crippen molar-refractivity contribution in [3.8, 4) is 0 Å². The second-order valence-corrected chi connectivity index (χ2v) is 3.76. The van der Waals surface area contributed by atoms with Gasteiger partial charge in [-0.1, -0.05) is 15.9 Å². The average Bonchev–Trinajstić information content (AvgIpc) is 2.02. The van der Waals surface area contributed by atoms with Crippen molar-refractivity contribution >= 4 is 27.8 Å². The predicted molar refractivity (Wildman–Crippen MR) is 48.0 cm³/mol. The number of ether oxygens (including phenoxy) is 1. The van der Waals surface area contributed by atoms with Crippen molar-refractivity contribution in [3.63, 3.8) is 0 Å². The normalized spacial score (nSPS) is 12.0. The van der Waals surface area contributed by atoms with Crippen LogP contribution in [0.4, 0.5) is 0 Å². The van der Waals surface area contributed by atoms with E-state index in [0.717, 1.165) is 0 Å². The smallest absolute Gasteiger partial charge is 0.325 e. The van der Waals surface area contributed by atoms with Gasteiger partial charge in [-0.3, -0.25) is 9.59 Å². The lowest BCUT2D eigenvalue weighted by molar-refractivity contribution is -0.145. The highest BCUT2D eigenvalue weighted by Gasteiger charge is 2.16. The predicted octanol–water partition coefficient (Wildman–Crippen LogP) is 0.401. The van der Waals surface area contributed by atoms with Crippen LogP contribution in [-0.4, -0.2) is 42.3 Å². The summed E-state index contributed by atoms with van der Waals surface area (Å²) in [6, 6.07) is 0. The molecule has 0 radical (unpaired) electrons. The second kappa shape index (κ2) is 5.13. The van der Waals surface area contributed by atoms with Crippen molar-refractivity contribution in [3.05, 3.63) is 0 Å². The van der Waals surface area contributed by atoms with E-state index in [2.05, 4.69) is 20.7 Å². The molecule has 0 rings (SSSR count). The molecule has 0 saturated heterocycles. The fourth-order valence-electron chi connectivity index (χ4n) is 0.640. The van der Waals surface area contributed by atoms with Gasteiger partial charge >= 0.3 is 5.97 Å². The Kier molecular flexibility index (Phi) is 4.89. The third kappa shape index (κ3) is 3.71. The Morgan fingerprint density at radius 2 is 2.08 bits per heavy atom. The Hall–Kier alpha value is -0.580. The van der Waals surface area contributed by atoms with E-state index >= 15 is 0 Å². The first-order valence-electron chi connectivity index (χ1n) is 3.45. The minimum Gasteiger partial charge on any atom is -0.468 e. The summed E-state index contributed by atoms with van der Waals surface area (Å²) in [6.45, 7) is 1.70. The number of amides is 1. The summed E-state index contributed by atoms with van der Waals surface area (Å²) in [7, 11) is 2.84. The number of likely N-dealkylation sites (N-methyl/N-ethyl adjacent to an activating group) is 1. The molecule has 4 nitrogen and oxygen atoms in total. The van der Waals surface area contributed by atoms with Crippen LogP contribution in [0.1, 0.15) is 6.92 Å². The lowest BCUT2D eigenvalue weighted by Crippen LogP contribution is -2.36. The number of alkyl halides is 1. The summed E-state index contributed by atoms with van der Waals surface area (Å²) in [5.41, 5.74) is 0. The largest absolute Gasteiger partial charge is 0.468 e. The van der Waals surface area contributed by atoms with Gasteiger partial charge in [0.2, 0.25) is 5.91 Å². The molecule has 0 spiro atoms. The van der Waals surface area contributed by atoms with Gasteiger partial charge in [0.05, 0.1) is 11.9 Å². The minimum atomic E-state index is -0.418. The van der Waals surface area contributed by atoms with Gasteiger partial charge in [0.25, 0.3) is 0 Å². The Bertz CT molecular complexity index is 181. The monoisotopic (exact) mass is 237 g/mol. The molecular formula is C7H12BrNO3. The highest BCUT2D eigenvalue weighted by atomic mass is 79.9. The zero-order valence-corrected chi connectivity index (χ0v) is 8.92. The number of esters is 1. The maximum Gasteiger partial charge on any atom is 0.325 e. The van der Waals surface area contributed by atoms with Crippen molar-refractivity contribution in [1.82, 2.24) is 4.90 Å². The van der Waals surface area contributed by atoms with Crippen LogP contribution in [0.15, 0.2) is 0 Å². The summed E-state index contributed by atoms with van der Waals surface area (Å²) in [5.74, 6) is -0.556. The molecule has 0 saturated carbocycles. The van der Waals surface area contributed by atoms with Gasteiger partial charge in [-0.05, 0) is 6.92 Å². The number of methoxy groups -OCH3 is 1. The summed E-state index contributed by atoms with van der Waals surface area (Å²) < 4.78 is 4.40. The minimum absolute atomic E-state index is 0.00866. The molecule has 0 aliphatic rings. The van der Waals surface area contributed by atoms with E-state index in [-0.39, 0.29) is 17.3 Å². The Morgan fingerprint density at radius 3 is 2.42 bits per heavy atom. The van der Waals surface area contributed by atoms with Crippen LogP contribution < -0.4 is 0 Å². The number of hydrogen-bond acceptors (Lipinski definition) is 3. The van der Waals surface area contributed by atoms with Gasteiger partial charge in [-0.25, -0.2) is 0 Å². The van der Waals surface area contributed by atoms with Crippen LogP contribution >= 0.6 is 15.9 Å². The lowest BCUT2D eigenvalue weighted by atomic mass is 10.4. The van der Waals surface area contributed by atoms with E-state index in [1.165, 1.54) is 12.0 Å². The standard InChI is InChI=1S/C7H12BrNO3/c1-5(8)7(11)9(2)4-6(10)12-3/h5H,4H2,1-3H3. The zero-order chi connectivity index (χ0) is 9.72. The molecule has 0 aliphatic carbocycles. The topological polar surface area (TPSA) is 46.6 Å². The second-order valence-electron chi connectivity index (χ2n) is 2.39.